The Kier molecular flexibility index (Phi) is 3.96. The summed E-state index contributed by atoms with van der Waals surface area (Å²) in [6.07, 6.45) is 1.34. The molecule has 9 heteroatoms. The predicted molar refractivity (Wildman–Crippen MR) is 91.4 cm³/mol. The fourth-order valence-electron chi connectivity index (χ4n) is 2.57. The van der Waals surface area contributed by atoms with Crippen molar-refractivity contribution >= 4 is 22.6 Å². The van der Waals surface area contributed by atoms with Crippen LogP contribution in [0.5, 0.6) is 0 Å². The molecule has 0 radical (unpaired) electrons. The molecule has 4 rings (SSSR count). The quantitative estimate of drug-likeness (QED) is 0.554. The zero-order valence-electron chi connectivity index (χ0n) is 13.1. The molecule has 0 atom stereocenters. The Bertz CT molecular complexity index is 1150. The SMILES string of the molecule is O=c1c2cnn(-c3ccc(F)cc3)c2nnn1Cc1c(F)cccc1Cl. The van der Waals surface area contributed by atoms with Gasteiger partial charge in [0.1, 0.15) is 17.0 Å². The Balaban J connectivity index is 1.79. The van der Waals surface area contributed by atoms with Crippen molar-refractivity contribution in [2.24, 2.45) is 0 Å². The number of aromatic nitrogens is 5. The molecule has 4 aromatic rings. The summed E-state index contributed by atoms with van der Waals surface area (Å²) in [7, 11) is 0. The van der Waals surface area contributed by atoms with Crippen LogP contribution in [-0.2, 0) is 6.54 Å². The molecular formula is C17H10ClF2N5O. The summed E-state index contributed by atoms with van der Waals surface area (Å²) in [5, 5.41) is 12.4. The van der Waals surface area contributed by atoms with Crippen LogP contribution in [0.4, 0.5) is 8.78 Å². The predicted octanol–water partition coefficient (Wildman–Crippen LogP) is 2.96. The fourth-order valence-corrected chi connectivity index (χ4v) is 2.80. The summed E-state index contributed by atoms with van der Waals surface area (Å²) < 4.78 is 29.4. The maximum absolute atomic E-state index is 13.9. The van der Waals surface area contributed by atoms with Crippen molar-refractivity contribution in [1.29, 1.82) is 0 Å². The molecule has 0 amide bonds. The third-order valence-corrected chi connectivity index (χ3v) is 4.25. The van der Waals surface area contributed by atoms with Gasteiger partial charge >= 0.3 is 0 Å². The van der Waals surface area contributed by atoms with Gasteiger partial charge in [-0.25, -0.2) is 18.1 Å². The van der Waals surface area contributed by atoms with E-state index in [-0.39, 0.29) is 34.0 Å². The van der Waals surface area contributed by atoms with Crippen LogP contribution in [0.25, 0.3) is 16.7 Å². The van der Waals surface area contributed by atoms with E-state index in [1.165, 1.54) is 53.3 Å². The topological polar surface area (TPSA) is 65.6 Å². The summed E-state index contributed by atoms with van der Waals surface area (Å²) in [5.74, 6) is -0.922. The zero-order chi connectivity index (χ0) is 18.3. The average Bonchev–Trinajstić information content (AvgIpc) is 3.05. The molecule has 0 unspecified atom stereocenters. The molecule has 0 bridgehead atoms. The lowest BCUT2D eigenvalue weighted by atomic mass is 10.2. The zero-order valence-corrected chi connectivity index (χ0v) is 13.9. The maximum atomic E-state index is 13.9. The molecule has 0 spiro atoms. The van der Waals surface area contributed by atoms with Crippen LogP contribution in [0.3, 0.4) is 0 Å². The molecule has 0 N–H and O–H groups in total. The second-order valence-corrected chi connectivity index (χ2v) is 5.93. The van der Waals surface area contributed by atoms with E-state index in [0.29, 0.717) is 5.69 Å². The summed E-state index contributed by atoms with van der Waals surface area (Å²) in [6, 6.07) is 9.83. The number of nitrogens with zero attached hydrogens (tertiary/aromatic N) is 5. The van der Waals surface area contributed by atoms with Gasteiger partial charge < -0.3 is 0 Å². The van der Waals surface area contributed by atoms with Gasteiger partial charge in [0, 0.05) is 10.6 Å². The van der Waals surface area contributed by atoms with Crippen LogP contribution >= 0.6 is 11.6 Å². The first kappa shape index (κ1) is 16.3. The van der Waals surface area contributed by atoms with Gasteiger partial charge in [-0.2, -0.15) is 5.10 Å². The Morgan fingerprint density at radius 3 is 2.58 bits per heavy atom. The Morgan fingerprint density at radius 2 is 1.85 bits per heavy atom. The van der Waals surface area contributed by atoms with Gasteiger partial charge in [-0.3, -0.25) is 4.79 Å². The van der Waals surface area contributed by atoms with Crippen LogP contribution in [-0.4, -0.2) is 24.8 Å². The van der Waals surface area contributed by atoms with Gasteiger partial charge in [0.2, 0.25) is 0 Å². The fraction of sp³-hybridized carbons (Fsp3) is 0.0588. The minimum absolute atomic E-state index is 0.149. The highest BCUT2D eigenvalue weighted by atomic mass is 35.5. The Hall–Kier alpha value is -3.13. The first-order chi connectivity index (χ1) is 12.5. The summed E-state index contributed by atoms with van der Waals surface area (Å²) in [6.45, 7) is -0.158. The molecule has 130 valence electrons. The molecule has 2 aromatic heterocycles. The van der Waals surface area contributed by atoms with E-state index < -0.39 is 11.4 Å². The smallest absolute Gasteiger partial charge is 0.267 e. The first-order valence-electron chi connectivity index (χ1n) is 7.55. The summed E-state index contributed by atoms with van der Waals surface area (Å²) in [5.41, 5.74) is 0.418. The molecule has 0 fully saturated rings. The van der Waals surface area contributed by atoms with Crippen molar-refractivity contribution < 1.29 is 8.78 Å². The number of hydrogen-bond acceptors (Lipinski definition) is 4. The first-order valence-corrected chi connectivity index (χ1v) is 7.93. The van der Waals surface area contributed by atoms with Crippen LogP contribution < -0.4 is 5.56 Å². The minimum Gasteiger partial charge on any atom is -0.267 e. The molecule has 0 saturated carbocycles. The van der Waals surface area contributed by atoms with E-state index in [2.05, 4.69) is 15.4 Å². The van der Waals surface area contributed by atoms with Crippen LogP contribution in [0.1, 0.15) is 5.56 Å². The average molecular weight is 374 g/mol. The van der Waals surface area contributed by atoms with Gasteiger partial charge in [-0.1, -0.05) is 22.9 Å². The number of rotatable bonds is 3. The molecule has 0 aliphatic rings. The van der Waals surface area contributed by atoms with Crippen LogP contribution in [0, 0.1) is 11.6 Å². The van der Waals surface area contributed by atoms with E-state index in [9.17, 15) is 13.6 Å². The monoisotopic (exact) mass is 373 g/mol. The van der Waals surface area contributed by atoms with Gasteiger partial charge in [0.15, 0.2) is 5.65 Å². The van der Waals surface area contributed by atoms with E-state index in [1.807, 2.05) is 0 Å². The second kappa shape index (κ2) is 6.30. The molecule has 26 heavy (non-hydrogen) atoms. The van der Waals surface area contributed by atoms with Gasteiger partial charge in [-0.05, 0) is 36.4 Å². The Morgan fingerprint density at radius 1 is 1.08 bits per heavy atom. The molecule has 2 heterocycles. The van der Waals surface area contributed by atoms with E-state index in [0.717, 1.165) is 4.68 Å². The van der Waals surface area contributed by atoms with Crippen LogP contribution in [0.15, 0.2) is 53.5 Å². The third kappa shape index (κ3) is 2.74. The minimum atomic E-state index is -0.534. The summed E-state index contributed by atoms with van der Waals surface area (Å²) >= 11 is 6.00. The van der Waals surface area contributed by atoms with E-state index in [4.69, 9.17) is 11.6 Å². The van der Waals surface area contributed by atoms with Crippen molar-refractivity contribution in [3.8, 4) is 5.69 Å². The van der Waals surface area contributed by atoms with Crippen molar-refractivity contribution in [1.82, 2.24) is 24.8 Å². The number of halogens is 3. The lowest BCUT2D eigenvalue weighted by Gasteiger charge is -2.07. The van der Waals surface area contributed by atoms with Crippen molar-refractivity contribution in [2.75, 3.05) is 0 Å². The molecule has 0 aliphatic heterocycles. The molecule has 2 aromatic carbocycles. The lowest BCUT2D eigenvalue weighted by Crippen LogP contribution is -2.25. The second-order valence-electron chi connectivity index (χ2n) is 5.52. The van der Waals surface area contributed by atoms with E-state index >= 15 is 0 Å². The van der Waals surface area contributed by atoms with Gasteiger partial charge in [-0.15, -0.1) is 5.10 Å². The summed E-state index contributed by atoms with van der Waals surface area (Å²) in [4.78, 5) is 12.6. The van der Waals surface area contributed by atoms with E-state index in [1.54, 1.807) is 0 Å². The molecule has 0 aliphatic carbocycles. The molecular weight excluding hydrogens is 364 g/mol. The lowest BCUT2D eigenvalue weighted by molar-refractivity contribution is 0.556. The largest absolute Gasteiger partial charge is 0.281 e. The normalized spacial score (nSPS) is 11.2. The van der Waals surface area contributed by atoms with Gasteiger partial charge in [0.25, 0.3) is 5.56 Å². The highest BCUT2D eigenvalue weighted by Gasteiger charge is 2.15. The standard InChI is InChI=1S/C17H10ClF2N5O/c18-14-2-1-3-15(20)13(14)9-24-17(26)12-8-21-25(16(12)22-23-24)11-6-4-10(19)5-7-11/h1-8H,9H2. The van der Waals surface area contributed by atoms with Crippen molar-refractivity contribution in [3.63, 3.8) is 0 Å². The van der Waals surface area contributed by atoms with Crippen LogP contribution in [0.2, 0.25) is 5.02 Å². The maximum Gasteiger partial charge on any atom is 0.281 e. The van der Waals surface area contributed by atoms with Crippen molar-refractivity contribution in [2.45, 2.75) is 6.54 Å². The molecule has 6 nitrogen and oxygen atoms in total. The number of fused-ring (bicyclic) bond motifs is 1. The molecule has 0 saturated heterocycles. The Labute approximate surface area is 150 Å². The van der Waals surface area contributed by atoms with Gasteiger partial charge in [0.05, 0.1) is 18.4 Å². The number of hydrogen-bond donors (Lipinski definition) is 0. The van der Waals surface area contributed by atoms with Crippen molar-refractivity contribution in [3.05, 3.63) is 81.2 Å². The highest BCUT2D eigenvalue weighted by molar-refractivity contribution is 6.31. The third-order valence-electron chi connectivity index (χ3n) is 3.90. The highest BCUT2D eigenvalue weighted by Crippen LogP contribution is 2.19. The number of benzene rings is 2.